The summed E-state index contributed by atoms with van der Waals surface area (Å²) in [6.45, 7) is 2.26. The zero-order valence-corrected chi connectivity index (χ0v) is 29.2. The quantitative estimate of drug-likeness (QED) is 0.157. The Balaban J connectivity index is -0.000000266. The van der Waals surface area contributed by atoms with Gasteiger partial charge in [-0.1, -0.05) is 101 Å². The van der Waals surface area contributed by atoms with Gasteiger partial charge in [0.15, 0.2) is 0 Å². The molecule has 0 bridgehead atoms. The van der Waals surface area contributed by atoms with Gasteiger partial charge in [-0.15, -0.1) is 5.75 Å². The first-order valence-corrected chi connectivity index (χ1v) is 11.3. The number of aliphatic carboxylic acids is 1. The number of unbranched alkanes of at least 4 members (excludes halogenated alkanes) is 11. The molecule has 1 aromatic rings. The molecule has 1 aromatic carbocycles. The Hall–Kier alpha value is 0.643. The normalized spacial score (nSPS) is 9.36. The van der Waals surface area contributed by atoms with Crippen molar-refractivity contribution in [3.63, 3.8) is 0 Å². The molecule has 0 saturated heterocycles. The number of carboxylic acids is 1. The van der Waals surface area contributed by atoms with Crippen LogP contribution in [0.2, 0.25) is 0 Å². The van der Waals surface area contributed by atoms with Crippen molar-refractivity contribution in [1.82, 2.24) is 0 Å². The summed E-state index contributed by atoms with van der Waals surface area (Å²) in [5, 5.41) is 37.1. The predicted octanol–water partition coefficient (Wildman–Crippen LogP) is 2.33. The van der Waals surface area contributed by atoms with E-state index in [1.54, 1.807) is 12.1 Å². The van der Waals surface area contributed by atoms with Crippen LogP contribution < -0.4 is 20.4 Å². The van der Waals surface area contributed by atoms with E-state index in [9.17, 15) is 15.0 Å². The van der Waals surface area contributed by atoms with Crippen molar-refractivity contribution in [3.8, 4) is 5.75 Å². The Morgan fingerprint density at radius 1 is 0.697 bits per heavy atom. The van der Waals surface area contributed by atoms with Crippen LogP contribution in [0.15, 0.2) is 42.5 Å². The molecule has 0 spiro atoms. The molecule has 0 radical (unpaired) electrons. The monoisotopic (exact) mass is 710 g/mol. The van der Waals surface area contributed by atoms with E-state index in [1.165, 1.54) is 76.3 Å². The van der Waals surface area contributed by atoms with E-state index in [4.69, 9.17) is 15.0 Å². The second-order valence-electron chi connectivity index (χ2n) is 7.27. The van der Waals surface area contributed by atoms with Crippen molar-refractivity contribution >= 4 is 110 Å². The summed E-state index contributed by atoms with van der Waals surface area (Å²) in [7, 11) is 0. The summed E-state index contributed by atoms with van der Waals surface area (Å²) in [5.41, 5.74) is 0. The van der Waals surface area contributed by atoms with Crippen LogP contribution in [-0.2, 0) is 4.79 Å². The van der Waals surface area contributed by atoms with Crippen molar-refractivity contribution in [3.05, 3.63) is 42.5 Å². The van der Waals surface area contributed by atoms with Crippen LogP contribution in [0.1, 0.15) is 96.8 Å². The number of carbonyl (C=O) groups excluding carboxylic acids is 2. The SMILES string of the molecule is CCCCCCCC/C=C\CCCCCCCC(=O)[O-].O=C([O-])[O-].[Ba+2].[Ba+2].[O-]c1ccccc1. The van der Waals surface area contributed by atoms with Crippen LogP contribution in [0.5, 0.6) is 5.75 Å². The summed E-state index contributed by atoms with van der Waals surface area (Å²) < 4.78 is 0. The first kappa shape index (κ1) is 40.8. The smallest absolute Gasteiger partial charge is 0.872 e. The van der Waals surface area contributed by atoms with Gasteiger partial charge in [0.2, 0.25) is 0 Å². The van der Waals surface area contributed by atoms with E-state index in [-0.39, 0.29) is 110 Å². The van der Waals surface area contributed by atoms with Crippen molar-refractivity contribution in [1.29, 1.82) is 0 Å². The van der Waals surface area contributed by atoms with Crippen molar-refractivity contribution in [2.75, 3.05) is 0 Å². The van der Waals surface area contributed by atoms with Crippen molar-refractivity contribution < 1.29 is 30.0 Å². The van der Waals surface area contributed by atoms with Crippen LogP contribution >= 0.6 is 0 Å². The zero-order chi connectivity index (χ0) is 23.6. The van der Waals surface area contributed by atoms with Gasteiger partial charge in [-0.25, -0.2) is 0 Å². The maximum absolute atomic E-state index is 10.3. The average Bonchev–Trinajstić information content (AvgIpc) is 2.71. The number of benzene rings is 1. The maximum atomic E-state index is 10.3. The van der Waals surface area contributed by atoms with Crippen LogP contribution in [0.3, 0.4) is 0 Å². The molecule has 0 aliphatic rings. The molecule has 0 heterocycles. The summed E-state index contributed by atoms with van der Waals surface area (Å²) in [6.07, 6.45) is 18.6. The van der Waals surface area contributed by atoms with E-state index < -0.39 is 12.1 Å². The standard InChI is InChI=1S/C18H34O2.C6H6O.CH2O3.2Ba/c1-2-3-4-5-6-7-8-9-10-11-12-13-14-15-16-17-18(19)20;7-6-4-2-1-3-5-6;2-1(3)4;;/h9-10H,2-8,11-17H2,1H3,(H,19,20);1-5,7H;(H2,2,3,4);;/q;;;2*+2/p-4/b10-9-;;;;. The third-order valence-electron chi connectivity index (χ3n) is 4.39. The van der Waals surface area contributed by atoms with Crippen molar-refractivity contribution in [2.24, 2.45) is 0 Å². The van der Waals surface area contributed by atoms with Crippen molar-refractivity contribution in [2.45, 2.75) is 96.8 Å². The van der Waals surface area contributed by atoms with E-state index in [1.807, 2.05) is 6.07 Å². The third kappa shape index (κ3) is 46.6. The topological polar surface area (TPSA) is 126 Å². The van der Waals surface area contributed by atoms with Gasteiger partial charge in [-0.05, 0) is 44.7 Å². The summed E-state index contributed by atoms with van der Waals surface area (Å²) in [4.78, 5) is 18.5. The molecule has 1 rings (SSSR count). The fourth-order valence-corrected chi connectivity index (χ4v) is 2.76. The Kier molecular flexibility index (Phi) is 43.0. The number of para-hydroxylation sites is 1. The number of carbonyl (C=O) groups is 2. The molecule has 0 unspecified atom stereocenters. The van der Waals surface area contributed by atoms with E-state index >= 15 is 0 Å². The van der Waals surface area contributed by atoms with Gasteiger partial charge >= 0.3 is 97.8 Å². The van der Waals surface area contributed by atoms with E-state index in [2.05, 4.69) is 19.1 Å². The molecule has 0 N–H and O–H groups in total. The number of rotatable bonds is 15. The first-order valence-electron chi connectivity index (χ1n) is 11.3. The third-order valence-corrected chi connectivity index (χ3v) is 4.39. The van der Waals surface area contributed by atoms with Crippen LogP contribution in [0.4, 0.5) is 4.79 Å². The van der Waals surface area contributed by atoms with Gasteiger partial charge in [-0.2, -0.15) is 0 Å². The summed E-state index contributed by atoms with van der Waals surface area (Å²) in [6, 6.07) is 8.33. The van der Waals surface area contributed by atoms with Crippen LogP contribution in [-0.4, -0.2) is 110 Å². The molecule has 0 aliphatic heterocycles. The predicted molar refractivity (Wildman–Crippen MR) is 127 cm³/mol. The number of hydrogen-bond donors (Lipinski definition) is 0. The second-order valence-corrected chi connectivity index (χ2v) is 7.27. The molecule has 0 aromatic heterocycles. The first-order chi connectivity index (χ1) is 14.9. The number of hydrogen-bond acceptors (Lipinski definition) is 6. The maximum Gasteiger partial charge on any atom is 2.00 e. The fourth-order valence-electron chi connectivity index (χ4n) is 2.76. The molecular formula is C25H38Ba2O6. The largest absolute Gasteiger partial charge is 2.00 e. The second kappa shape index (κ2) is 34.8. The van der Waals surface area contributed by atoms with Gasteiger partial charge in [0.1, 0.15) is 0 Å². The van der Waals surface area contributed by atoms with Crippen LogP contribution in [0, 0.1) is 0 Å². The zero-order valence-electron chi connectivity index (χ0n) is 20.3. The van der Waals surface area contributed by atoms with Crippen LogP contribution in [0.25, 0.3) is 0 Å². The molecule has 0 saturated carbocycles. The fraction of sp³-hybridized carbons (Fsp3) is 0.600. The molecule has 178 valence electrons. The Labute approximate surface area is 280 Å². The Morgan fingerprint density at radius 2 is 1.09 bits per heavy atom. The summed E-state index contributed by atoms with van der Waals surface area (Å²) >= 11 is 0. The minimum Gasteiger partial charge on any atom is -0.872 e. The van der Waals surface area contributed by atoms with E-state index in [0.29, 0.717) is 0 Å². The average molecular weight is 709 g/mol. The Bertz CT molecular complexity index is 549. The van der Waals surface area contributed by atoms with Gasteiger partial charge in [0.25, 0.3) is 0 Å². The molecule has 33 heavy (non-hydrogen) atoms. The molecule has 0 fully saturated rings. The molecule has 0 aliphatic carbocycles. The minimum absolute atomic E-state index is 0. The molecule has 0 atom stereocenters. The molecule has 0 amide bonds. The number of allylic oxidation sites excluding steroid dienone is 2. The Morgan fingerprint density at radius 3 is 1.45 bits per heavy atom. The molecule has 8 heteroatoms. The molecule has 6 nitrogen and oxygen atoms in total. The van der Waals surface area contributed by atoms with Gasteiger partial charge in [0, 0.05) is 5.97 Å². The van der Waals surface area contributed by atoms with Gasteiger partial charge < -0.3 is 30.0 Å². The summed E-state index contributed by atoms with van der Waals surface area (Å²) in [5.74, 6) is -0.842. The van der Waals surface area contributed by atoms with Gasteiger partial charge in [-0.3, -0.25) is 0 Å². The molecular weight excluding hydrogens is 671 g/mol. The minimum atomic E-state index is -2.33. The van der Waals surface area contributed by atoms with E-state index in [0.717, 1.165) is 19.3 Å². The number of carboxylic acid groups (broad SMARTS) is 3. The van der Waals surface area contributed by atoms with Gasteiger partial charge in [0.05, 0.1) is 0 Å².